The van der Waals surface area contributed by atoms with Crippen molar-refractivity contribution in [2.75, 3.05) is 5.01 Å². The van der Waals surface area contributed by atoms with Crippen LogP contribution in [0.1, 0.15) is 5.56 Å². The Balaban J connectivity index is 1.54. The highest BCUT2D eigenvalue weighted by atomic mass is 32.1. The molecular weight excluding hydrogens is 360 g/mol. The highest BCUT2D eigenvalue weighted by molar-refractivity contribution is 7.25. The standard InChI is InChI=1S/C25H18N2S/c1-3-9-20(10-4-1)27(21-11-5-2-6-12-21)26-18-19-15-16-23-22-13-7-8-14-24(22)28-25(23)17-19/h1-18H. The number of anilines is 2. The average molecular weight is 379 g/mol. The molecule has 3 heteroatoms. The summed E-state index contributed by atoms with van der Waals surface area (Å²) in [6, 6.07) is 35.6. The molecule has 0 saturated heterocycles. The van der Waals surface area contributed by atoms with Gasteiger partial charge in [-0.2, -0.15) is 5.10 Å². The second-order valence-electron chi connectivity index (χ2n) is 6.58. The molecule has 0 bridgehead atoms. The van der Waals surface area contributed by atoms with Crippen LogP contribution in [-0.4, -0.2) is 6.21 Å². The molecular formula is C25H18N2S. The van der Waals surface area contributed by atoms with Crippen LogP contribution >= 0.6 is 11.3 Å². The topological polar surface area (TPSA) is 15.6 Å². The largest absolute Gasteiger partial charge is 0.234 e. The van der Waals surface area contributed by atoms with E-state index >= 15 is 0 Å². The molecule has 4 aromatic carbocycles. The summed E-state index contributed by atoms with van der Waals surface area (Å²) in [6.07, 6.45) is 1.93. The molecule has 1 heterocycles. The van der Waals surface area contributed by atoms with Gasteiger partial charge in [0.05, 0.1) is 17.6 Å². The maximum absolute atomic E-state index is 4.81. The van der Waals surface area contributed by atoms with Gasteiger partial charge < -0.3 is 0 Å². The fourth-order valence-electron chi connectivity index (χ4n) is 3.37. The molecule has 0 radical (unpaired) electrons. The summed E-state index contributed by atoms with van der Waals surface area (Å²) in [7, 11) is 0. The Morgan fingerprint density at radius 2 is 1.21 bits per heavy atom. The Bertz CT molecular complexity index is 1220. The molecule has 5 aromatic rings. The van der Waals surface area contributed by atoms with E-state index < -0.39 is 0 Å². The molecule has 0 spiro atoms. The zero-order valence-electron chi connectivity index (χ0n) is 15.2. The van der Waals surface area contributed by atoms with Crippen LogP contribution in [0.15, 0.2) is 108 Å². The van der Waals surface area contributed by atoms with Crippen molar-refractivity contribution in [3.05, 3.63) is 109 Å². The van der Waals surface area contributed by atoms with Crippen LogP contribution in [0.5, 0.6) is 0 Å². The summed E-state index contributed by atoms with van der Waals surface area (Å²) >= 11 is 1.83. The van der Waals surface area contributed by atoms with E-state index in [0.29, 0.717) is 0 Å². The van der Waals surface area contributed by atoms with E-state index in [0.717, 1.165) is 16.9 Å². The summed E-state index contributed by atoms with van der Waals surface area (Å²) < 4.78 is 2.61. The fourth-order valence-corrected chi connectivity index (χ4v) is 4.52. The lowest BCUT2D eigenvalue weighted by Crippen LogP contribution is -2.09. The molecule has 0 amide bonds. The number of para-hydroxylation sites is 2. The number of hydrogen-bond acceptors (Lipinski definition) is 3. The first-order valence-corrected chi connectivity index (χ1v) is 10.1. The van der Waals surface area contributed by atoms with E-state index in [4.69, 9.17) is 5.10 Å². The summed E-state index contributed by atoms with van der Waals surface area (Å²) in [6.45, 7) is 0. The monoisotopic (exact) mass is 378 g/mol. The minimum atomic E-state index is 1.04. The van der Waals surface area contributed by atoms with Crippen molar-refractivity contribution in [2.24, 2.45) is 5.10 Å². The lowest BCUT2D eigenvalue weighted by Gasteiger charge is -2.19. The highest BCUT2D eigenvalue weighted by Gasteiger charge is 2.07. The van der Waals surface area contributed by atoms with Crippen molar-refractivity contribution in [3.8, 4) is 0 Å². The van der Waals surface area contributed by atoms with Gasteiger partial charge in [0.2, 0.25) is 0 Å². The normalized spacial score (nSPS) is 11.4. The first kappa shape index (κ1) is 16.7. The maximum Gasteiger partial charge on any atom is 0.0652 e. The molecule has 28 heavy (non-hydrogen) atoms. The highest BCUT2D eigenvalue weighted by Crippen LogP contribution is 2.34. The quantitative estimate of drug-likeness (QED) is 0.238. The van der Waals surface area contributed by atoms with Gasteiger partial charge in [-0.05, 0) is 42.0 Å². The van der Waals surface area contributed by atoms with Crippen LogP contribution in [0.3, 0.4) is 0 Å². The number of hydrazone groups is 1. The molecule has 134 valence electrons. The Morgan fingerprint density at radius 1 is 0.607 bits per heavy atom. The van der Waals surface area contributed by atoms with Crippen LogP contribution in [0.2, 0.25) is 0 Å². The molecule has 1 aromatic heterocycles. The summed E-state index contributed by atoms with van der Waals surface area (Å²) in [5.41, 5.74) is 3.16. The third kappa shape index (κ3) is 3.17. The van der Waals surface area contributed by atoms with Gasteiger partial charge in [0.15, 0.2) is 0 Å². The van der Waals surface area contributed by atoms with Gasteiger partial charge in [-0.25, -0.2) is 5.01 Å². The van der Waals surface area contributed by atoms with Crippen LogP contribution < -0.4 is 5.01 Å². The smallest absolute Gasteiger partial charge is 0.0652 e. The first-order chi connectivity index (χ1) is 13.9. The van der Waals surface area contributed by atoms with E-state index in [1.165, 1.54) is 20.2 Å². The number of hydrogen-bond donors (Lipinski definition) is 0. The van der Waals surface area contributed by atoms with Crippen molar-refractivity contribution < 1.29 is 0 Å². The third-order valence-electron chi connectivity index (χ3n) is 4.73. The predicted molar refractivity (Wildman–Crippen MR) is 122 cm³/mol. The number of fused-ring (bicyclic) bond motifs is 3. The van der Waals surface area contributed by atoms with Gasteiger partial charge in [-0.3, -0.25) is 0 Å². The minimum absolute atomic E-state index is 1.04. The average Bonchev–Trinajstić information content (AvgIpc) is 3.13. The zero-order valence-corrected chi connectivity index (χ0v) is 16.0. The minimum Gasteiger partial charge on any atom is -0.234 e. The van der Waals surface area contributed by atoms with E-state index in [9.17, 15) is 0 Å². The van der Waals surface area contributed by atoms with Crippen LogP contribution in [-0.2, 0) is 0 Å². The van der Waals surface area contributed by atoms with Gasteiger partial charge in [-0.1, -0.05) is 66.7 Å². The molecule has 0 saturated carbocycles. The first-order valence-electron chi connectivity index (χ1n) is 9.24. The lowest BCUT2D eigenvalue weighted by molar-refractivity contribution is 1.09. The van der Waals surface area contributed by atoms with Crippen molar-refractivity contribution in [1.29, 1.82) is 0 Å². The van der Waals surface area contributed by atoms with Crippen LogP contribution in [0.25, 0.3) is 20.2 Å². The second kappa shape index (κ2) is 7.29. The van der Waals surface area contributed by atoms with Gasteiger partial charge in [-0.15, -0.1) is 11.3 Å². The van der Waals surface area contributed by atoms with Gasteiger partial charge in [0, 0.05) is 20.2 Å². The Kier molecular flexibility index (Phi) is 4.36. The lowest BCUT2D eigenvalue weighted by atomic mass is 10.1. The Morgan fingerprint density at radius 3 is 1.93 bits per heavy atom. The van der Waals surface area contributed by atoms with E-state index in [1.54, 1.807) is 0 Å². The van der Waals surface area contributed by atoms with E-state index in [2.05, 4.69) is 66.7 Å². The number of thiophene rings is 1. The number of benzene rings is 4. The molecule has 5 rings (SSSR count). The fraction of sp³-hybridized carbons (Fsp3) is 0. The summed E-state index contributed by atoms with van der Waals surface area (Å²) in [4.78, 5) is 0. The SMILES string of the molecule is C(=NN(c1ccccc1)c1ccccc1)c1ccc2c(c1)sc1ccccc12. The van der Waals surface area contributed by atoms with Crippen LogP contribution in [0.4, 0.5) is 11.4 Å². The Hall–Kier alpha value is -3.43. The van der Waals surface area contributed by atoms with Crippen molar-refractivity contribution >= 4 is 49.1 Å². The molecule has 0 unspecified atom stereocenters. The zero-order chi connectivity index (χ0) is 18.8. The maximum atomic E-state index is 4.81. The van der Waals surface area contributed by atoms with E-state index in [-0.39, 0.29) is 0 Å². The van der Waals surface area contributed by atoms with E-state index in [1.807, 2.05) is 59.0 Å². The van der Waals surface area contributed by atoms with Crippen molar-refractivity contribution in [3.63, 3.8) is 0 Å². The molecule has 0 aliphatic rings. The van der Waals surface area contributed by atoms with Gasteiger partial charge in [0.25, 0.3) is 0 Å². The molecule has 0 atom stereocenters. The molecule has 0 fully saturated rings. The summed E-state index contributed by atoms with van der Waals surface area (Å²) in [5.74, 6) is 0. The third-order valence-corrected chi connectivity index (χ3v) is 5.86. The van der Waals surface area contributed by atoms with Crippen molar-refractivity contribution in [2.45, 2.75) is 0 Å². The van der Waals surface area contributed by atoms with Crippen LogP contribution in [0, 0.1) is 0 Å². The molecule has 0 N–H and O–H groups in total. The molecule has 0 aliphatic heterocycles. The van der Waals surface area contributed by atoms with Gasteiger partial charge >= 0.3 is 0 Å². The summed E-state index contributed by atoms with van der Waals surface area (Å²) in [5, 5.41) is 9.40. The van der Waals surface area contributed by atoms with Crippen molar-refractivity contribution in [1.82, 2.24) is 0 Å². The Labute approximate surface area is 168 Å². The van der Waals surface area contributed by atoms with Gasteiger partial charge in [0.1, 0.15) is 0 Å². The predicted octanol–water partition coefficient (Wildman–Crippen LogP) is 7.23. The molecule has 2 nitrogen and oxygen atoms in total. The number of rotatable bonds is 4. The number of nitrogens with zero attached hydrogens (tertiary/aromatic N) is 2. The second-order valence-corrected chi connectivity index (χ2v) is 7.67. The molecule has 0 aliphatic carbocycles.